The molecule has 6 heteroatoms. The van der Waals surface area contributed by atoms with Gasteiger partial charge in [0, 0.05) is 11.9 Å². The van der Waals surface area contributed by atoms with E-state index in [1.807, 2.05) is 66.7 Å². The van der Waals surface area contributed by atoms with E-state index >= 15 is 0 Å². The van der Waals surface area contributed by atoms with Crippen molar-refractivity contribution < 1.29 is 14.7 Å². The molecule has 0 bridgehead atoms. The lowest BCUT2D eigenvalue weighted by Gasteiger charge is -2.19. The van der Waals surface area contributed by atoms with E-state index in [2.05, 4.69) is 10.6 Å². The largest absolute Gasteiger partial charge is 0.478 e. The number of anilines is 1. The number of nitriles is 1. The molecule has 0 heterocycles. The highest BCUT2D eigenvalue weighted by Gasteiger charge is 2.19. The first-order chi connectivity index (χ1) is 14.6. The molecule has 0 aromatic heterocycles. The monoisotopic (exact) mass is 397 g/mol. The molecule has 30 heavy (non-hydrogen) atoms. The van der Waals surface area contributed by atoms with E-state index in [4.69, 9.17) is 5.11 Å². The Labute approximate surface area is 174 Å². The number of nitrogens with one attached hydrogen (secondary N) is 2. The Bertz CT molecular complexity index is 1060. The normalized spacial score (nSPS) is 10.9. The summed E-state index contributed by atoms with van der Waals surface area (Å²) in [5.41, 5.74) is 2.20. The third-order valence-corrected chi connectivity index (χ3v) is 4.40. The van der Waals surface area contributed by atoms with Crippen molar-refractivity contribution in [2.45, 2.75) is 6.04 Å². The molecule has 0 saturated carbocycles. The van der Waals surface area contributed by atoms with E-state index in [1.54, 1.807) is 12.1 Å². The van der Waals surface area contributed by atoms with Crippen molar-refractivity contribution in [1.82, 2.24) is 5.32 Å². The van der Waals surface area contributed by atoms with Crippen LogP contribution < -0.4 is 10.6 Å². The summed E-state index contributed by atoms with van der Waals surface area (Å²) in [4.78, 5) is 23.9. The topological polar surface area (TPSA) is 102 Å². The van der Waals surface area contributed by atoms with E-state index in [0.717, 1.165) is 11.1 Å². The molecule has 6 nitrogen and oxygen atoms in total. The van der Waals surface area contributed by atoms with Gasteiger partial charge in [-0.05, 0) is 29.3 Å². The summed E-state index contributed by atoms with van der Waals surface area (Å²) in [6, 6.07) is 26.5. The van der Waals surface area contributed by atoms with Crippen LogP contribution in [0.5, 0.6) is 0 Å². The molecule has 0 atom stereocenters. The summed E-state index contributed by atoms with van der Waals surface area (Å²) in [5.74, 6) is -1.61. The van der Waals surface area contributed by atoms with Crippen molar-refractivity contribution >= 4 is 17.6 Å². The zero-order valence-corrected chi connectivity index (χ0v) is 15.9. The Morgan fingerprint density at radius 2 is 1.50 bits per heavy atom. The number of rotatable bonds is 7. The molecule has 3 aromatic carbocycles. The molecular weight excluding hydrogens is 378 g/mol. The summed E-state index contributed by atoms with van der Waals surface area (Å²) in [6.07, 6.45) is 1.27. The minimum atomic E-state index is -1.06. The molecule has 0 aliphatic rings. The Balaban J connectivity index is 1.82. The molecule has 148 valence electrons. The van der Waals surface area contributed by atoms with E-state index in [1.165, 1.54) is 18.3 Å². The molecule has 0 aliphatic heterocycles. The first-order valence-corrected chi connectivity index (χ1v) is 9.19. The lowest BCUT2D eigenvalue weighted by molar-refractivity contribution is -0.117. The highest BCUT2D eigenvalue weighted by atomic mass is 16.4. The third-order valence-electron chi connectivity index (χ3n) is 4.40. The second-order valence-electron chi connectivity index (χ2n) is 6.43. The van der Waals surface area contributed by atoms with Gasteiger partial charge in [0.1, 0.15) is 11.6 Å². The van der Waals surface area contributed by atoms with E-state index < -0.39 is 17.9 Å². The number of carbonyl (C=O) groups is 2. The van der Waals surface area contributed by atoms with Crippen molar-refractivity contribution in [3.8, 4) is 6.07 Å². The quantitative estimate of drug-likeness (QED) is 0.411. The average Bonchev–Trinajstić information content (AvgIpc) is 2.79. The van der Waals surface area contributed by atoms with Crippen molar-refractivity contribution in [2.75, 3.05) is 5.32 Å². The fourth-order valence-electron chi connectivity index (χ4n) is 2.91. The van der Waals surface area contributed by atoms with Gasteiger partial charge in [0.25, 0.3) is 5.91 Å². The Morgan fingerprint density at radius 3 is 2.03 bits per heavy atom. The van der Waals surface area contributed by atoms with Crippen molar-refractivity contribution in [2.24, 2.45) is 0 Å². The van der Waals surface area contributed by atoms with Crippen molar-refractivity contribution in [3.05, 3.63) is 113 Å². The van der Waals surface area contributed by atoms with E-state index in [0.29, 0.717) is 5.69 Å². The van der Waals surface area contributed by atoms with Gasteiger partial charge < -0.3 is 15.7 Å². The predicted molar refractivity (Wildman–Crippen MR) is 114 cm³/mol. The standard InChI is InChI=1S/C24H19N3O3/c25-15-20(16-26-21-13-7-12-19(14-21)24(29)30)23(28)27-22(17-8-3-1-4-9-17)18-10-5-2-6-11-18/h1-14,16,22,26H,(H,27,28)(H,29,30)/b20-16-. The molecule has 0 radical (unpaired) electrons. The number of carboxylic acids is 1. The summed E-state index contributed by atoms with van der Waals surface area (Å²) >= 11 is 0. The minimum absolute atomic E-state index is 0.101. The van der Waals surface area contributed by atoms with Crippen LogP contribution in [-0.4, -0.2) is 17.0 Å². The second-order valence-corrected chi connectivity index (χ2v) is 6.43. The van der Waals surface area contributed by atoms with Gasteiger partial charge in [0.2, 0.25) is 0 Å². The van der Waals surface area contributed by atoms with Crippen LogP contribution in [0.3, 0.4) is 0 Å². The van der Waals surface area contributed by atoms with Crippen LogP contribution in [0.1, 0.15) is 27.5 Å². The zero-order chi connectivity index (χ0) is 21.3. The summed E-state index contributed by atoms with van der Waals surface area (Å²) in [6.45, 7) is 0. The molecule has 1 amide bonds. The van der Waals surface area contributed by atoms with Gasteiger partial charge in [-0.15, -0.1) is 0 Å². The van der Waals surface area contributed by atoms with Crippen LogP contribution in [-0.2, 0) is 4.79 Å². The molecule has 3 aromatic rings. The van der Waals surface area contributed by atoms with Crippen molar-refractivity contribution in [3.63, 3.8) is 0 Å². The highest BCUT2D eigenvalue weighted by molar-refractivity contribution is 5.98. The smallest absolute Gasteiger partial charge is 0.335 e. The highest BCUT2D eigenvalue weighted by Crippen LogP contribution is 2.22. The van der Waals surface area contributed by atoms with Crippen LogP contribution in [0, 0.1) is 11.3 Å². The molecule has 0 aliphatic carbocycles. The van der Waals surface area contributed by atoms with Crippen LogP contribution in [0.4, 0.5) is 5.69 Å². The summed E-state index contributed by atoms with van der Waals surface area (Å²) in [7, 11) is 0. The van der Waals surface area contributed by atoms with E-state index in [-0.39, 0.29) is 11.1 Å². The maximum absolute atomic E-state index is 12.8. The fourth-order valence-corrected chi connectivity index (χ4v) is 2.91. The third kappa shape index (κ3) is 5.12. The molecule has 0 fully saturated rings. The van der Waals surface area contributed by atoms with Crippen LogP contribution in [0.2, 0.25) is 0 Å². The van der Waals surface area contributed by atoms with Gasteiger partial charge in [0.05, 0.1) is 11.6 Å². The number of nitrogens with zero attached hydrogens (tertiary/aromatic N) is 1. The SMILES string of the molecule is N#C/C(=C/Nc1cccc(C(=O)O)c1)C(=O)NC(c1ccccc1)c1ccccc1. The van der Waals surface area contributed by atoms with Gasteiger partial charge in [-0.3, -0.25) is 4.79 Å². The lowest BCUT2D eigenvalue weighted by Crippen LogP contribution is -2.30. The fraction of sp³-hybridized carbons (Fsp3) is 0.0417. The lowest BCUT2D eigenvalue weighted by atomic mass is 9.98. The van der Waals surface area contributed by atoms with Gasteiger partial charge >= 0.3 is 5.97 Å². The van der Waals surface area contributed by atoms with Crippen LogP contribution in [0.25, 0.3) is 0 Å². The summed E-state index contributed by atoms with van der Waals surface area (Å²) < 4.78 is 0. The Morgan fingerprint density at radius 1 is 0.900 bits per heavy atom. The minimum Gasteiger partial charge on any atom is -0.478 e. The first-order valence-electron chi connectivity index (χ1n) is 9.19. The molecule has 3 rings (SSSR count). The van der Waals surface area contributed by atoms with Gasteiger partial charge in [-0.25, -0.2) is 4.79 Å². The number of amides is 1. The molecular formula is C24H19N3O3. The van der Waals surface area contributed by atoms with Gasteiger partial charge in [-0.2, -0.15) is 5.26 Å². The van der Waals surface area contributed by atoms with Gasteiger partial charge in [0.15, 0.2) is 0 Å². The summed E-state index contributed by atoms with van der Waals surface area (Å²) in [5, 5.41) is 24.3. The average molecular weight is 397 g/mol. The maximum Gasteiger partial charge on any atom is 0.335 e. The van der Waals surface area contributed by atoms with E-state index in [9.17, 15) is 14.9 Å². The number of carboxylic acid groups (broad SMARTS) is 1. The number of carbonyl (C=O) groups excluding carboxylic acids is 1. The Hall–Kier alpha value is -4.37. The van der Waals surface area contributed by atoms with Crippen LogP contribution in [0.15, 0.2) is 96.7 Å². The van der Waals surface area contributed by atoms with Crippen molar-refractivity contribution in [1.29, 1.82) is 5.26 Å². The molecule has 3 N–H and O–H groups in total. The predicted octanol–water partition coefficient (Wildman–Crippen LogP) is 4.11. The number of hydrogen-bond acceptors (Lipinski definition) is 4. The molecule has 0 unspecified atom stereocenters. The first kappa shape index (κ1) is 20.4. The maximum atomic E-state index is 12.8. The Kier molecular flexibility index (Phi) is 6.59. The second kappa shape index (κ2) is 9.71. The van der Waals surface area contributed by atoms with Crippen LogP contribution >= 0.6 is 0 Å². The van der Waals surface area contributed by atoms with Gasteiger partial charge in [-0.1, -0.05) is 66.7 Å². The molecule has 0 saturated heterocycles. The molecule has 0 spiro atoms. The zero-order valence-electron chi connectivity index (χ0n) is 15.9. The number of aromatic carboxylic acids is 1. The number of benzene rings is 3. The number of hydrogen-bond donors (Lipinski definition) is 3.